The molecule has 0 saturated carbocycles. The highest BCUT2D eigenvalue weighted by Crippen LogP contribution is 2.31. The van der Waals surface area contributed by atoms with Crippen molar-refractivity contribution in [1.82, 2.24) is 14.5 Å². The van der Waals surface area contributed by atoms with Crippen LogP contribution in [-0.4, -0.2) is 21.1 Å². The average Bonchev–Trinajstić information content (AvgIpc) is 2.83. The number of anilines is 1. The number of aryl methyl sites for hydroxylation is 2. The average molecular weight is 328 g/mol. The van der Waals surface area contributed by atoms with Gasteiger partial charge in [-0.1, -0.05) is 0 Å². The fourth-order valence-corrected chi connectivity index (χ4v) is 4.03. The zero-order valence-electron chi connectivity index (χ0n) is 12.4. The number of pyridine rings is 1. The zero-order valence-corrected chi connectivity index (χ0v) is 14.7. The van der Waals surface area contributed by atoms with E-state index in [1.54, 1.807) is 0 Å². The van der Waals surface area contributed by atoms with Gasteiger partial charge in [0, 0.05) is 11.9 Å². The van der Waals surface area contributed by atoms with Crippen LogP contribution in [0.15, 0.2) is 24.3 Å². The largest absolute Gasteiger partial charge is 0.384 e. The molecule has 0 radical (unpaired) electrons. The molecule has 1 aromatic carbocycles. The van der Waals surface area contributed by atoms with Crippen molar-refractivity contribution >= 4 is 40.5 Å². The molecule has 112 valence electrons. The second-order valence-corrected chi connectivity index (χ2v) is 6.90. The van der Waals surface area contributed by atoms with Crippen molar-refractivity contribution in [3.05, 3.63) is 35.5 Å². The Morgan fingerprint density at radius 1 is 1.27 bits per heavy atom. The van der Waals surface area contributed by atoms with Gasteiger partial charge < -0.3 is 5.32 Å². The minimum Gasteiger partial charge on any atom is -0.384 e. The summed E-state index contributed by atoms with van der Waals surface area (Å²) in [4.78, 5) is 4.85. The topological polar surface area (TPSA) is 42.7 Å². The standard InChI is InChI=1S/C16H18N4P2/c1-9-7-10(21)8-11-15(19-20(22)16(9)11)14-5-4-12-13(18-14)3-2-6-17-12/h4-5,7-8,17H,2-3,6,21-22H2,1H3. The quantitative estimate of drug-likeness (QED) is 0.699. The second kappa shape index (κ2) is 5.30. The third-order valence-electron chi connectivity index (χ3n) is 4.14. The summed E-state index contributed by atoms with van der Waals surface area (Å²) in [6.45, 7) is 3.15. The first-order valence-electron chi connectivity index (χ1n) is 7.41. The van der Waals surface area contributed by atoms with Crippen LogP contribution >= 0.6 is 18.6 Å². The molecule has 22 heavy (non-hydrogen) atoms. The molecule has 1 aliphatic heterocycles. The van der Waals surface area contributed by atoms with Gasteiger partial charge in [-0.2, -0.15) is 5.10 Å². The summed E-state index contributed by atoms with van der Waals surface area (Å²) in [5, 5.41) is 10.4. The zero-order chi connectivity index (χ0) is 15.3. The van der Waals surface area contributed by atoms with Crippen LogP contribution in [0, 0.1) is 6.92 Å². The molecule has 0 amide bonds. The van der Waals surface area contributed by atoms with Crippen LogP contribution in [0.2, 0.25) is 0 Å². The Morgan fingerprint density at radius 3 is 3.00 bits per heavy atom. The monoisotopic (exact) mass is 328 g/mol. The lowest BCUT2D eigenvalue weighted by atomic mass is 10.1. The van der Waals surface area contributed by atoms with E-state index in [9.17, 15) is 0 Å². The molecule has 0 spiro atoms. The molecule has 4 rings (SSSR count). The number of fused-ring (bicyclic) bond motifs is 2. The third kappa shape index (κ3) is 2.22. The number of hydrogen-bond acceptors (Lipinski definition) is 3. The van der Waals surface area contributed by atoms with Crippen LogP contribution in [-0.2, 0) is 6.42 Å². The molecule has 0 fully saturated rings. The summed E-state index contributed by atoms with van der Waals surface area (Å²) in [5.41, 5.74) is 6.57. The van der Waals surface area contributed by atoms with E-state index in [1.807, 2.05) is 4.45 Å². The molecule has 3 heterocycles. The summed E-state index contributed by atoms with van der Waals surface area (Å²) < 4.78 is 1.88. The van der Waals surface area contributed by atoms with Crippen molar-refractivity contribution in [1.29, 1.82) is 0 Å². The number of aromatic nitrogens is 3. The summed E-state index contributed by atoms with van der Waals surface area (Å²) in [6, 6.07) is 8.51. The first kappa shape index (κ1) is 14.1. The van der Waals surface area contributed by atoms with E-state index >= 15 is 0 Å². The Morgan fingerprint density at radius 2 is 2.14 bits per heavy atom. The Hall–Kier alpha value is -1.50. The van der Waals surface area contributed by atoms with Crippen molar-refractivity contribution in [2.24, 2.45) is 0 Å². The number of hydrogen-bond donors (Lipinski definition) is 1. The molecule has 2 aromatic heterocycles. The van der Waals surface area contributed by atoms with E-state index in [-0.39, 0.29) is 0 Å². The smallest absolute Gasteiger partial charge is 0.119 e. The van der Waals surface area contributed by atoms with E-state index in [1.165, 1.54) is 10.9 Å². The van der Waals surface area contributed by atoms with Crippen molar-refractivity contribution in [3.8, 4) is 11.4 Å². The normalized spacial score (nSPS) is 14.0. The van der Waals surface area contributed by atoms with E-state index < -0.39 is 0 Å². The Labute approximate surface area is 134 Å². The van der Waals surface area contributed by atoms with Crippen LogP contribution in [0.4, 0.5) is 5.69 Å². The van der Waals surface area contributed by atoms with E-state index in [4.69, 9.17) is 10.1 Å². The predicted octanol–water partition coefficient (Wildman–Crippen LogP) is 2.90. The van der Waals surface area contributed by atoms with Gasteiger partial charge in [-0.3, -0.25) is 0 Å². The molecule has 0 aliphatic carbocycles. The summed E-state index contributed by atoms with van der Waals surface area (Å²) in [6.07, 6.45) is 2.17. The number of rotatable bonds is 1. The molecule has 6 heteroatoms. The van der Waals surface area contributed by atoms with Crippen molar-refractivity contribution in [3.63, 3.8) is 0 Å². The molecule has 0 saturated heterocycles. The lowest BCUT2D eigenvalue weighted by molar-refractivity contribution is 0.802. The molecule has 2 unspecified atom stereocenters. The van der Waals surface area contributed by atoms with Crippen molar-refractivity contribution < 1.29 is 0 Å². The van der Waals surface area contributed by atoms with Gasteiger partial charge in [-0.15, -0.1) is 9.24 Å². The fraction of sp³-hybridized carbons (Fsp3) is 0.250. The van der Waals surface area contributed by atoms with Crippen LogP contribution in [0.5, 0.6) is 0 Å². The van der Waals surface area contributed by atoms with Gasteiger partial charge >= 0.3 is 0 Å². The van der Waals surface area contributed by atoms with Gasteiger partial charge in [0.2, 0.25) is 0 Å². The molecule has 2 atom stereocenters. The summed E-state index contributed by atoms with van der Waals surface area (Å²) in [7, 11) is 5.45. The van der Waals surface area contributed by atoms with Crippen molar-refractivity contribution in [2.45, 2.75) is 19.8 Å². The van der Waals surface area contributed by atoms with E-state index in [2.05, 4.69) is 55.1 Å². The van der Waals surface area contributed by atoms with Gasteiger partial charge in [0.25, 0.3) is 0 Å². The van der Waals surface area contributed by atoms with Crippen molar-refractivity contribution in [2.75, 3.05) is 11.9 Å². The van der Waals surface area contributed by atoms with Crippen LogP contribution in [0.25, 0.3) is 22.3 Å². The highest BCUT2D eigenvalue weighted by atomic mass is 31.0. The molecule has 1 N–H and O–H groups in total. The lowest BCUT2D eigenvalue weighted by Crippen LogP contribution is -2.13. The van der Waals surface area contributed by atoms with E-state index in [0.717, 1.165) is 53.1 Å². The molecule has 0 bridgehead atoms. The molecule has 3 aromatic rings. The minimum absolute atomic E-state index is 0.948. The first-order valence-corrected chi connectivity index (χ1v) is 8.51. The lowest BCUT2D eigenvalue weighted by Gasteiger charge is -2.17. The Balaban J connectivity index is 1.94. The third-order valence-corrected chi connectivity index (χ3v) is 4.84. The second-order valence-electron chi connectivity index (χ2n) is 5.75. The number of nitrogens with one attached hydrogen (secondary N) is 1. The Bertz CT molecular complexity index is 885. The van der Waals surface area contributed by atoms with E-state index in [0.29, 0.717) is 0 Å². The Kier molecular flexibility index (Phi) is 3.40. The SMILES string of the molecule is Cc1cc(P)cc2c(-c3ccc4c(n3)CCCN4)nn(P)c12. The first-order chi connectivity index (χ1) is 10.6. The van der Waals surface area contributed by atoms with Gasteiger partial charge in [0.1, 0.15) is 5.69 Å². The maximum Gasteiger partial charge on any atom is 0.119 e. The molecular formula is C16H18N4P2. The molecular weight excluding hydrogens is 310 g/mol. The van der Waals surface area contributed by atoms with Crippen LogP contribution in [0.1, 0.15) is 17.7 Å². The van der Waals surface area contributed by atoms with Crippen LogP contribution < -0.4 is 10.6 Å². The number of nitrogens with zero attached hydrogens (tertiary/aromatic N) is 3. The van der Waals surface area contributed by atoms with Gasteiger partial charge in [-0.25, -0.2) is 9.44 Å². The highest BCUT2D eigenvalue weighted by molar-refractivity contribution is 7.27. The van der Waals surface area contributed by atoms with Gasteiger partial charge in [0.15, 0.2) is 0 Å². The highest BCUT2D eigenvalue weighted by Gasteiger charge is 2.17. The summed E-state index contributed by atoms with van der Waals surface area (Å²) in [5.74, 6) is 0. The maximum atomic E-state index is 4.85. The molecule has 1 aliphatic rings. The molecule has 4 nitrogen and oxygen atoms in total. The predicted molar refractivity (Wildman–Crippen MR) is 99.0 cm³/mol. The minimum atomic E-state index is 0.948. The maximum absolute atomic E-state index is 4.85. The van der Waals surface area contributed by atoms with Crippen LogP contribution in [0.3, 0.4) is 0 Å². The van der Waals surface area contributed by atoms with Gasteiger partial charge in [-0.05, 0) is 64.3 Å². The van der Waals surface area contributed by atoms with Gasteiger partial charge in [0.05, 0.1) is 22.6 Å². The number of benzene rings is 1. The summed E-state index contributed by atoms with van der Waals surface area (Å²) >= 11 is 0. The fourth-order valence-electron chi connectivity index (χ4n) is 3.16.